The van der Waals surface area contributed by atoms with Gasteiger partial charge in [-0.15, -0.1) is 10.2 Å². The van der Waals surface area contributed by atoms with Crippen LogP contribution >= 0.6 is 0 Å². The molecule has 0 aliphatic carbocycles. The second-order valence-corrected chi connectivity index (χ2v) is 5.43. The first-order valence-corrected chi connectivity index (χ1v) is 7.61. The van der Waals surface area contributed by atoms with E-state index < -0.39 is 0 Å². The van der Waals surface area contributed by atoms with E-state index in [1.807, 2.05) is 32.2 Å². The van der Waals surface area contributed by atoms with E-state index in [9.17, 15) is 4.79 Å². The third-order valence-electron chi connectivity index (χ3n) is 3.47. The second-order valence-electron chi connectivity index (χ2n) is 5.43. The SMILES string of the molecule is Cc1cc(-c2nnc(CCC(=O)NCc3cccnc3)o2)n(C)n1. The molecule has 0 spiro atoms. The molecule has 24 heavy (non-hydrogen) atoms. The van der Waals surface area contributed by atoms with Crippen molar-refractivity contribution < 1.29 is 9.21 Å². The van der Waals surface area contributed by atoms with E-state index in [1.54, 1.807) is 17.1 Å². The molecule has 0 saturated carbocycles. The summed E-state index contributed by atoms with van der Waals surface area (Å²) in [5.41, 5.74) is 2.59. The monoisotopic (exact) mass is 326 g/mol. The van der Waals surface area contributed by atoms with E-state index in [4.69, 9.17) is 4.42 Å². The number of hydrogen-bond acceptors (Lipinski definition) is 6. The summed E-state index contributed by atoms with van der Waals surface area (Å²) >= 11 is 0. The predicted octanol–water partition coefficient (Wildman–Crippen LogP) is 1.42. The standard InChI is InChI=1S/C16H18N6O2/c1-11-8-13(22(2)21-11)16-20-19-15(24-16)6-5-14(23)18-10-12-4-3-7-17-9-12/h3-4,7-9H,5-6,10H2,1-2H3,(H,18,23). The van der Waals surface area contributed by atoms with E-state index in [0.29, 0.717) is 24.7 Å². The average molecular weight is 326 g/mol. The third-order valence-corrected chi connectivity index (χ3v) is 3.47. The van der Waals surface area contributed by atoms with Gasteiger partial charge in [-0.05, 0) is 24.6 Å². The van der Waals surface area contributed by atoms with Crippen molar-refractivity contribution in [1.29, 1.82) is 0 Å². The minimum Gasteiger partial charge on any atom is -0.419 e. The minimum atomic E-state index is -0.0741. The van der Waals surface area contributed by atoms with Crippen molar-refractivity contribution in [3.05, 3.63) is 47.7 Å². The highest BCUT2D eigenvalue weighted by Crippen LogP contribution is 2.18. The number of nitrogens with zero attached hydrogens (tertiary/aromatic N) is 5. The normalized spacial score (nSPS) is 10.8. The third kappa shape index (κ3) is 3.83. The lowest BCUT2D eigenvalue weighted by Crippen LogP contribution is -2.23. The number of aryl methyl sites for hydroxylation is 3. The van der Waals surface area contributed by atoms with Gasteiger partial charge in [0.25, 0.3) is 5.89 Å². The molecule has 0 fully saturated rings. The highest BCUT2D eigenvalue weighted by atomic mass is 16.4. The second kappa shape index (κ2) is 7.03. The first-order chi connectivity index (χ1) is 11.6. The maximum Gasteiger partial charge on any atom is 0.265 e. The maximum absolute atomic E-state index is 11.9. The predicted molar refractivity (Wildman–Crippen MR) is 85.6 cm³/mol. The number of rotatable bonds is 6. The minimum absolute atomic E-state index is 0.0741. The highest BCUT2D eigenvalue weighted by Gasteiger charge is 2.14. The summed E-state index contributed by atoms with van der Waals surface area (Å²) in [7, 11) is 1.82. The molecular weight excluding hydrogens is 308 g/mol. The van der Waals surface area contributed by atoms with E-state index in [1.165, 1.54) is 0 Å². The molecule has 3 aromatic rings. The zero-order valence-corrected chi connectivity index (χ0v) is 13.6. The van der Waals surface area contributed by atoms with Gasteiger partial charge in [0.2, 0.25) is 11.8 Å². The molecule has 0 saturated heterocycles. The van der Waals surface area contributed by atoms with Crippen molar-refractivity contribution in [1.82, 2.24) is 30.3 Å². The van der Waals surface area contributed by atoms with Crippen LogP contribution in [-0.2, 0) is 24.8 Å². The summed E-state index contributed by atoms with van der Waals surface area (Å²) < 4.78 is 7.29. The van der Waals surface area contributed by atoms with E-state index in [0.717, 1.165) is 17.0 Å². The molecule has 8 heteroatoms. The maximum atomic E-state index is 11.9. The largest absolute Gasteiger partial charge is 0.419 e. The summed E-state index contributed by atoms with van der Waals surface area (Å²) in [6.07, 6.45) is 4.09. The first kappa shape index (κ1) is 15.9. The Morgan fingerprint density at radius 3 is 2.96 bits per heavy atom. The van der Waals surface area contributed by atoms with E-state index >= 15 is 0 Å². The number of nitrogens with one attached hydrogen (secondary N) is 1. The van der Waals surface area contributed by atoms with Gasteiger partial charge >= 0.3 is 0 Å². The quantitative estimate of drug-likeness (QED) is 0.735. The summed E-state index contributed by atoms with van der Waals surface area (Å²) in [6, 6.07) is 5.62. The fourth-order valence-corrected chi connectivity index (χ4v) is 2.28. The van der Waals surface area contributed by atoms with Crippen molar-refractivity contribution in [3.8, 4) is 11.6 Å². The number of amides is 1. The van der Waals surface area contributed by atoms with Crippen molar-refractivity contribution in [2.24, 2.45) is 7.05 Å². The molecule has 0 bridgehead atoms. The van der Waals surface area contributed by atoms with Gasteiger partial charge in [0, 0.05) is 38.8 Å². The highest BCUT2D eigenvalue weighted by molar-refractivity contribution is 5.76. The molecule has 0 aromatic carbocycles. The van der Waals surface area contributed by atoms with Gasteiger partial charge in [0.05, 0.1) is 5.69 Å². The van der Waals surface area contributed by atoms with Gasteiger partial charge in [-0.25, -0.2) is 0 Å². The number of carbonyl (C=O) groups is 1. The van der Waals surface area contributed by atoms with E-state index in [-0.39, 0.29) is 12.3 Å². The van der Waals surface area contributed by atoms with Crippen molar-refractivity contribution in [2.75, 3.05) is 0 Å². The Kier molecular flexibility index (Phi) is 4.64. The molecule has 3 aromatic heterocycles. The molecule has 3 rings (SSSR count). The van der Waals surface area contributed by atoms with Crippen molar-refractivity contribution in [2.45, 2.75) is 26.3 Å². The molecule has 0 radical (unpaired) electrons. The Morgan fingerprint density at radius 2 is 2.25 bits per heavy atom. The Labute approximate surface area is 138 Å². The zero-order chi connectivity index (χ0) is 16.9. The van der Waals surface area contributed by atoms with Gasteiger partial charge in [-0.3, -0.25) is 14.5 Å². The Hall–Kier alpha value is -3.03. The Morgan fingerprint density at radius 1 is 1.38 bits per heavy atom. The fourth-order valence-electron chi connectivity index (χ4n) is 2.28. The number of aromatic nitrogens is 5. The van der Waals surface area contributed by atoms with Crippen LogP contribution in [0, 0.1) is 6.92 Å². The van der Waals surface area contributed by atoms with Gasteiger partial charge < -0.3 is 9.73 Å². The summed E-state index contributed by atoms with van der Waals surface area (Å²) in [5.74, 6) is 0.763. The van der Waals surface area contributed by atoms with Crippen LogP contribution in [-0.4, -0.2) is 30.9 Å². The van der Waals surface area contributed by atoms with Gasteiger partial charge in [0.15, 0.2) is 0 Å². The van der Waals surface area contributed by atoms with Crippen molar-refractivity contribution in [3.63, 3.8) is 0 Å². The number of pyridine rings is 1. The van der Waals surface area contributed by atoms with Gasteiger partial charge in [-0.2, -0.15) is 5.10 Å². The van der Waals surface area contributed by atoms with Crippen LogP contribution in [0.1, 0.15) is 23.6 Å². The van der Waals surface area contributed by atoms with Gasteiger partial charge in [0.1, 0.15) is 5.69 Å². The number of hydrogen-bond donors (Lipinski definition) is 1. The molecule has 0 atom stereocenters. The molecule has 8 nitrogen and oxygen atoms in total. The Balaban J connectivity index is 1.52. The lowest BCUT2D eigenvalue weighted by atomic mass is 10.2. The topological polar surface area (TPSA) is 98.7 Å². The van der Waals surface area contributed by atoms with Crippen LogP contribution in [0.5, 0.6) is 0 Å². The van der Waals surface area contributed by atoms with Crippen LogP contribution in [0.2, 0.25) is 0 Å². The first-order valence-electron chi connectivity index (χ1n) is 7.61. The summed E-state index contributed by atoms with van der Waals surface area (Å²) in [5, 5.41) is 15.1. The van der Waals surface area contributed by atoms with E-state index in [2.05, 4.69) is 25.6 Å². The average Bonchev–Trinajstić information content (AvgIpc) is 3.18. The van der Waals surface area contributed by atoms with Crippen LogP contribution < -0.4 is 5.32 Å². The van der Waals surface area contributed by atoms with Crippen molar-refractivity contribution >= 4 is 5.91 Å². The molecule has 1 amide bonds. The van der Waals surface area contributed by atoms with Crippen LogP contribution in [0.3, 0.4) is 0 Å². The summed E-state index contributed by atoms with van der Waals surface area (Å²) in [4.78, 5) is 15.9. The summed E-state index contributed by atoms with van der Waals surface area (Å²) in [6.45, 7) is 2.35. The molecular formula is C16H18N6O2. The van der Waals surface area contributed by atoms with Crippen LogP contribution in [0.15, 0.2) is 35.0 Å². The fraction of sp³-hybridized carbons (Fsp3) is 0.312. The molecule has 124 valence electrons. The van der Waals surface area contributed by atoms with Crippen LogP contribution in [0.4, 0.5) is 0 Å². The van der Waals surface area contributed by atoms with Crippen LogP contribution in [0.25, 0.3) is 11.6 Å². The lowest BCUT2D eigenvalue weighted by molar-refractivity contribution is -0.121. The molecule has 0 unspecified atom stereocenters. The molecule has 0 aliphatic rings. The van der Waals surface area contributed by atoms with Gasteiger partial charge in [-0.1, -0.05) is 6.07 Å². The molecule has 3 heterocycles. The smallest absolute Gasteiger partial charge is 0.265 e. The number of carbonyl (C=O) groups excluding carboxylic acids is 1. The zero-order valence-electron chi connectivity index (χ0n) is 13.6. The molecule has 0 aliphatic heterocycles. The molecule has 1 N–H and O–H groups in total. The Bertz CT molecular complexity index is 824. The lowest BCUT2D eigenvalue weighted by Gasteiger charge is -2.03.